The molecule has 1 saturated carbocycles. The molecule has 4 nitrogen and oxygen atoms in total. The maximum Gasteiger partial charge on any atom is 0.263 e. The Morgan fingerprint density at radius 2 is 2.11 bits per heavy atom. The Morgan fingerprint density at radius 1 is 1.39 bits per heavy atom. The number of amides is 1. The van der Waals surface area contributed by atoms with E-state index in [-0.39, 0.29) is 17.5 Å². The first-order valence-electron chi connectivity index (χ1n) is 6.92. The van der Waals surface area contributed by atoms with Crippen molar-refractivity contribution in [1.29, 1.82) is 5.26 Å². The number of hydrogen-bond donors (Lipinski definition) is 2. The van der Waals surface area contributed by atoms with Crippen molar-refractivity contribution in [3.63, 3.8) is 0 Å². The number of rotatable bonds is 7. The molecule has 0 radical (unpaired) electrons. The van der Waals surface area contributed by atoms with E-state index in [9.17, 15) is 4.79 Å². The van der Waals surface area contributed by atoms with E-state index >= 15 is 0 Å². The molecular formula is C14H23N3O. The lowest BCUT2D eigenvalue weighted by Gasteiger charge is -2.11. The van der Waals surface area contributed by atoms with Crippen LogP contribution in [0.4, 0.5) is 0 Å². The average Bonchev–Trinajstić information content (AvgIpc) is 2.86. The zero-order chi connectivity index (χ0) is 13.2. The number of carbonyl (C=O) groups excluding carboxylic acids is 1. The van der Waals surface area contributed by atoms with Gasteiger partial charge in [-0.15, -0.1) is 0 Å². The number of nitrogens with zero attached hydrogens (tertiary/aromatic N) is 1. The van der Waals surface area contributed by atoms with Gasteiger partial charge in [0.2, 0.25) is 0 Å². The summed E-state index contributed by atoms with van der Waals surface area (Å²) in [7, 11) is 0. The highest BCUT2D eigenvalue weighted by Gasteiger charge is 2.18. The van der Waals surface area contributed by atoms with Gasteiger partial charge in [-0.3, -0.25) is 4.79 Å². The summed E-state index contributed by atoms with van der Waals surface area (Å²) in [6.45, 7) is 2.96. The molecule has 0 aromatic heterocycles. The number of carbonyl (C=O) groups is 1. The van der Waals surface area contributed by atoms with Crippen LogP contribution in [0.3, 0.4) is 0 Å². The number of unbranched alkanes of at least 4 members (excludes halogenated alkanes) is 2. The van der Waals surface area contributed by atoms with Gasteiger partial charge in [0.25, 0.3) is 5.91 Å². The van der Waals surface area contributed by atoms with Gasteiger partial charge in [0.1, 0.15) is 11.6 Å². The van der Waals surface area contributed by atoms with Gasteiger partial charge in [-0.25, -0.2) is 0 Å². The van der Waals surface area contributed by atoms with E-state index < -0.39 is 0 Å². The van der Waals surface area contributed by atoms with Gasteiger partial charge in [0, 0.05) is 18.8 Å². The van der Waals surface area contributed by atoms with E-state index in [2.05, 4.69) is 17.6 Å². The molecule has 0 heterocycles. The second-order valence-corrected chi connectivity index (χ2v) is 4.79. The van der Waals surface area contributed by atoms with Crippen molar-refractivity contribution in [3.8, 4) is 6.07 Å². The Bertz CT molecular complexity index is 324. The summed E-state index contributed by atoms with van der Waals surface area (Å²) < 4.78 is 0. The highest BCUT2D eigenvalue weighted by molar-refractivity contribution is 5.97. The summed E-state index contributed by atoms with van der Waals surface area (Å²) in [5.74, 6) is -0.243. The minimum atomic E-state index is -0.243. The Kier molecular flexibility index (Phi) is 6.93. The van der Waals surface area contributed by atoms with Crippen LogP contribution in [0.1, 0.15) is 51.9 Å². The monoisotopic (exact) mass is 249 g/mol. The van der Waals surface area contributed by atoms with E-state index in [4.69, 9.17) is 5.26 Å². The smallest absolute Gasteiger partial charge is 0.263 e. The average molecular weight is 249 g/mol. The molecule has 0 aromatic rings. The van der Waals surface area contributed by atoms with Gasteiger partial charge >= 0.3 is 0 Å². The molecular weight excluding hydrogens is 226 g/mol. The summed E-state index contributed by atoms with van der Waals surface area (Å²) in [6, 6.07) is 2.21. The van der Waals surface area contributed by atoms with Crippen molar-refractivity contribution in [2.24, 2.45) is 0 Å². The van der Waals surface area contributed by atoms with Gasteiger partial charge in [0.15, 0.2) is 0 Å². The predicted octanol–water partition coefficient (Wildman–Crippen LogP) is 2.23. The first-order valence-corrected chi connectivity index (χ1v) is 6.92. The first kappa shape index (κ1) is 14.6. The third-order valence-corrected chi connectivity index (χ3v) is 3.23. The summed E-state index contributed by atoms with van der Waals surface area (Å²) in [4.78, 5) is 11.8. The van der Waals surface area contributed by atoms with E-state index in [1.165, 1.54) is 19.3 Å². The summed E-state index contributed by atoms with van der Waals surface area (Å²) in [5, 5.41) is 14.9. The normalized spacial score (nSPS) is 16.3. The molecule has 18 heavy (non-hydrogen) atoms. The molecule has 4 heteroatoms. The second kappa shape index (κ2) is 8.57. The van der Waals surface area contributed by atoms with Gasteiger partial charge in [-0.2, -0.15) is 5.26 Å². The van der Waals surface area contributed by atoms with Crippen LogP contribution in [0.25, 0.3) is 0 Å². The summed E-state index contributed by atoms with van der Waals surface area (Å²) in [6.07, 6.45) is 9.35. The Balaban J connectivity index is 2.32. The first-order chi connectivity index (χ1) is 8.77. The molecule has 1 rings (SSSR count). The van der Waals surface area contributed by atoms with Crippen molar-refractivity contribution >= 4 is 5.91 Å². The Morgan fingerprint density at radius 3 is 2.72 bits per heavy atom. The van der Waals surface area contributed by atoms with E-state index in [0.29, 0.717) is 0 Å². The van der Waals surface area contributed by atoms with Gasteiger partial charge in [0.05, 0.1) is 0 Å². The van der Waals surface area contributed by atoms with Gasteiger partial charge < -0.3 is 10.6 Å². The summed E-state index contributed by atoms with van der Waals surface area (Å²) in [5.41, 5.74) is 0.179. The van der Waals surface area contributed by atoms with Crippen molar-refractivity contribution in [2.75, 3.05) is 6.54 Å². The van der Waals surface area contributed by atoms with Crippen LogP contribution in [0.2, 0.25) is 0 Å². The van der Waals surface area contributed by atoms with E-state index in [1.54, 1.807) is 6.20 Å². The third-order valence-electron chi connectivity index (χ3n) is 3.23. The highest BCUT2D eigenvalue weighted by Crippen LogP contribution is 2.17. The highest BCUT2D eigenvalue weighted by atomic mass is 16.1. The SMILES string of the molecule is CCCCCN/C=C(/C#N)C(=O)NC1CCCC1. The molecule has 0 unspecified atom stereocenters. The lowest BCUT2D eigenvalue weighted by Crippen LogP contribution is -2.33. The lowest BCUT2D eigenvalue weighted by molar-refractivity contribution is -0.117. The van der Waals surface area contributed by atoms with Crippen LogP contribution in [0.5, 0.6) is 0 Å². The summed E-state index contributed by atoms with van der Waals surface area (Å²) >= 11 is 0. The molecule has 2 N–H and O–H groups in total. The molecule has 0 aromatic carbocycles. The molecule has 0 aliphatic heterocycles. The molecule has 0 bridgehead atoms. The van der Waals surface area contributed by atoms with Gasteiger partial charge in [-0.1, -0.05) is 32.6 Å². The predicted molar refractivity (Wildman–Crippen MR) is 71.6 cm³/mol. The Hall–Kier alpha value is -1.50. The quantitative estimate of drug-likeness (QED) is 0.413. The van der Waals surface area contributed by atoms with Crippen LogP contribution in [-0.4, -0.2) is 18.5 Å². The largest absolute Gasteiger partial charge is 0.390 e. The number of hydrogen-bond acceptors (Lipinski definition) is 3. The molecule has 0 spiro atoms. The van der Waals surface area contributed by atoms with Crippen LogP contribution in [-0.2, 0) is 4.79 Å². The molecule has 0 atom stereocenters. The molecule has 1 aliphatic rings. The molecule has 1 aliphatic carbocycles. The fourth-order valence-electron chi connectivity index (χ4n) is 2.13. The minimum absolute atomic E-state index is 0.179. The van der Waals surface area contributed by atoms with Crippen molar-refractivity contribution < 1.29 is 4.79 Å². The molecule has 1 amide bonds. The van der Waals surface area contributed by atoms with Crippen LogP contribution >= 0.6 is 0 Å². The van der Waals surface area contributed by atoms with Crippen molar-refractivity contribution in [1.82, 2.24) is 10.6 Å². The fourth-order valence-corrected chi connectivity index (χ4v) is 2.13. The standard InChI is InChI=1S/C14H23N3O/c1-2-3-6-9-16-11-12(10-15)14(18)17-13-7-4-5-8-13/h11,13,16H,2-9H2,1H3,(H,17,18)/b12-11-. The topological polar surface area (TPSA) is 64.9 Å². The minimum Gasteiger partial charge on any atom is -0.390 e. The van der Waals surface area contributed by atoms with E-state index in [1.807, 2.05) is 6.07 Å². The van der Waals surface area contributed by atoms with Crippen LogP contribution in [0, 0.1) is 11.3 Å². The van der Waals surface area contributed by atoms with Crippen molar-refractivity contribution in [3.05, 3.63) is 11.8 Å². The number of nitrogens with one attached hydrogen (secondary N) is 2. The second-order valence-electron chi connectivity index (χ2n) is 4.79. The fraction of sp³-hybridized carbons (Fsp3) is 0.714. The molecule has 0 saturated heterocycles. The van der Waals surface area contributed by atoms with E-state index in [0.717, 1.165) is 32.2 Å². The van der Waals surface area contributed by atoms with Crippen LogP contribution < -0.4 is 10.6 Å². The number of nitriles is 1. The van der Waals surface area contributed by atoms with Gasteiger partial charge in [-0.05, 0) is 19.3 Å². The third kappa shape index (κ3) is 5.22. The Labute approximate surface area is 109 Å². The molecule has 1 fully saturated rings. The van der Waals surface area contributed by atoms with Crippen molar-refractivity contribution in [2.45, 2.75) is 57.9 Å². The zero-order valence-corrected chi connectivity index (χ0v) is 11.2. The zero-order valence-electron chi connectivity index (χ0n) is 11.2. The lowest BCUT2D eigenvalue weighted by atomic mass is 10.2. The maximum absolute atomic E-state index is 11.8. The van der Waals surface area contributed by atoms with Crippen LogP contribution in [0.15, 0.2) is 11.8 Å². The molecule has 100 valence electrons. The maximum atomic E-state index is 11.8.